The number of aromatic nitrogens is 1. The first-order chi connectivity index (χ1) is 13.1. The van der Waals surface area contributed by atoms with Gasteiger partial charge in [0.05, 0.1) is 6.54 Å². The van der Waals surface area contributed by atoms with E-state index in [0.717, 1.165) is 30.5 Å². The lowest BCUT2D eigenvalue weighted by Gasteiger charge is -2.28. The molecule has 5 heteroatoms. The Hall–Kier alpha value is -2.56. The summed E-state index contributed by atoms with van der Waals surface area (Å²) in [6.45, 7) is 3.27. The molecule has 2 amide bonds. The third kappa shape index (κ3) is 5.22. The first kappa shape index (κ1) is 19.2. The lowest BCUT2D eigenvalue weighted by atomic mass is 10.2. The van der Waals surface area contributed by atoms with Crippen LogP contribution in [0.5, 0.6) is 0 Å². The van der Waals surface area contributed by atoms with Crippen LogP contribution in [0.15, 0.2) is 48.7 Å². The van der Waals surface area contributed by atoms with Gasteiger partial charge in [-0.05, 0) is 37.0 Å². The van der Waals surface area contributed by atoms with E-state index < -0.39 is 0 Å². The zero-order valence-corrected chi connectivity index (χ0v) is 16.3. The van der Waals surface area contributed by atoms with Crippen LogP contribution < -0.4 is 0 Å². The van der Waals surface area contributed by atoms with Crippen molar-refractivity contribution in [3.05, 3.63) is 59.9 Å². The monoisotopic (exact) mass is 367 g/mol. The van der Waals surface area contributed by atoms with Crippen LogP contribution in [0.4, 0.5) is 0 Å². The number of rotatable bonds is 9. The van der Waals surface area contributed by atoms with Crippen LogP contribution in [0.25, 0.3) is 0 Å². The lowest BCUT2D eigenvalue weighted by molar-refractivity contribution is -0.141. The molecule has 1 aliphatic carbocycles. The number of nitrogens with zero attached hydrogens (tertiary/aromatic N) is 3. The second-order valence-corrected chi connectivity index (χ2v) is 7.35. The molecule has 1 fully saturated rings. The van der Waals surface area contributed by atoms with E-state index in [2.05, 4.69) is 0 Å². The summed E-state index contributed by atoms with van der Waals surface area (Å²) >= 11 is 0. The molecule has 144 valence electrons. The van der Waals surface area contributed by atoms with E-state index in [-0.39, 0.29) is 24.4 Å². The molecule has 1 saturated carbocycles. The summed E-state index contributed by atoms with van der Waals surface area (Å²) in [4.78, 5) is 29.3. The van der Waals surface area contributed by atoms with Gasteiger partial charge in [-0.25, -0.2) is 0 Å². The number of amides is 2. The third-order valence-corrected chi connectivity index (χ3v) is 5.05. The smallest absolute Gasteiger partial charge is 0.242 e. The standard InChI is InChI=1S/C22H29N3O2/c1-3-8-21(26)25(19-12-13-19)17-22(27)24(15-18-9-5-4-6-10-18)16-20-11-7-14-23(20)2/h4-7,9-11,14,19H,3,8,12-13,15-17H2,1-2H3. The van der Waals surface area contributed by atoms with Crippen molar-refractivity contribution in [2.45, 2.75) is 51.7 Å². The molecule has 3 rings (SSSR count). The van der Waals surface area contributed by atoms with Gasteiger partial charge in [0.25, 0.3) is 0 Å². The first-order valence-electron chi connectivity index (χ1n) is 9.80. The van der Waals surface area contributed by atoms with Gasteiger partial charge in [0.15, 0.2) is 0 Å². The molecule has 0 unspecified atom stereocenters. The lowest BCUT2D eigenvalue weighted by Crippen LogP contribution is -2.43. The van der Waals surface area contributed by atoms with E-state index in [4.69, 9.17) is 0 Å². The highest BCUT2D eigenvalue weighted by molar-refractivity contribution is 5.85. The Kier molecular flexibility index (Phi) is 6.32. The molecule has 1 aromatic carbocycles. The first-order valence-corrected chi connectivity index (χ1v) is 9.80. The molecule has 0 spiro atoms. The van der Waals surface area contributed by atoms with Crippen molar-refractivity contribution in [1.29, 1.82) is 0 Å². The Morgan fingerprint density at radius 2 is 1.78 bits per heavy atom. The summed E-state index contributed by atoms with van der Waals surface area (Å²) in [6, 6.07) is 14.3. The summed E-state index contributed by atoms with van der Waals surface area (Å²) in [7, 11) is 1.99. The highest BCUT2D eigenvalue weighted by atomic mass is 16.2. The van der Waals surface area contributed by atoms with E-state index in [0.29, 0.717) is 19.5 Å². The molecule has 1 aliphatic rings. The van der Waals surface area contributed by atoms with Crippen molar-refractivity contribution in [2.75, 3.05) is 6.54 Å². The second-order valence-electron chi connectivity index (χ2n) is 7.35. The Labute approximate surface area is 161 Å². The minimum atomic E-state index is 0.0106. The predicted octanol–water partition coefficient (Wildman–Crippen LogP) is 3.35. The van der Waals surface area contributed by atoms with Crippen molar-refractivity contribution in [1.82, 2.24) is 14.4 Å². The van der Waals surface area contributed by atoms with Crippen molar-refractivity contribution < 1.29 is 9.59 Å². The van der Waals surface area contributed by atoms with Gasteiger partial charge < -0.3 is 14.4 Å². The molecule has 1 aromatic heterocycles. The number of aryl methyl sites for hydroxylation is 1. The quantitative estimate of drug-likeness (QED) is 0.682. The highest BCUT2D eigenvalue weighted by Crippen LogP contribution is 2.27. The number of hydrogen-bond donors (Lipinski definition) is 0. The number of carbonyl (C=O) groups is 2. The SMILES string of the molecule is CCCC(=O)N(CC(=O)N(Cc1ccccc1)Cc1cccn1C)C1CC1. The topological polar surface area (TPSA) is 45.6 Å². The highest BCUT2D eigenvalue weighted by Gasteiger charge is 2.34. The number of carbonyl (C=O) groups excluding carboxylic acids is 2. The minimum Gasteiger partial charge on any atom is -0.353 e. The van der Waals surface area contributed by atoms with E-state index in [9.17, 15) is 9.59 Å². The van der Waals surface area contributed by atoms with Crippen molar-refractivity contribution in [3.8, 4) is 0 Å². The fourth-order valence-corrected chi connectivity index (χ4v) is 3.30. The summed E-state index contributed by atoms with van der Waals surface area (Å²) < 4.78 is 2.03. The Morgan fingerprint density at radius 3 is 2.37 bits per heavy atom. The van der Waals surface area contributed by atoms with Crippen molar-refractivity contribution >= 4 is 11.8 Å². The second kappa shape index (κ2) is 8.89. The minimum absolute atomic E-state index is 0.0106. The van der Waals surface area contributed by atoms with Gasteiger partial charge in [0, 0.05) is 37.9 Å². The average molecular weight is 367 g/mol. The molecule has 2 aromatic rings. The molecule has 5 nitrogen and oxygen atoms in total. The predicted molar refractivity (Wildman–Crippen MR) is 106 cm³/mol. The summed E-state index contributed by atoms with van der Waals surface area (Å²) in [6.07, 6.45) is 5.34. The number of benzene rings is 1. The molecule has 0 saturated heterocycles. The van der Waals surface area contributed by atoms with Gasteiger partial charge >= 0.3 is 0 Å². The van der Waals surface area contributed by atoms with Crippen molar-refractivity contribution in [3.63, 3.8) is 0 Å². The summed E-state index contributed by atoms with van der Waals surface area (Å²) in [5.41, 5.74) is 2.18. The maximum absolute atomic E-state index is 13.2. The molecular weight excluding hydrogens is 338 g/mol. The average Bonchev–Trinajstić information content (AvgIpc) is 3.43. The maximum atomic E-state index is 13.2. The third-order valence-electron chi connectivity index (χ3n) is 5.05. The van der Waals surface area contributed by atoms with E-state index in [1.165, 1.54) is 0 Å². The van der Waals surface area contributed by atoms with Crippen molar-refractivity contribution in [2.24, 2.45) is 7.05 Å². The van der Waals surface area contributed by atoms with Gasteiger partial charge in [-0.1, -0.05) is 37.3 Å². The fourth-order valence-electron chi connectivity index (χ4n) is 3.30. The zero-order valence-electron chi connectivity index (χ0n) is 16.3. The Balaban J connectivity index is 1.74. The van der Waals surface area contributed by atoms with Crippen LogP contribution in [-0.2, 0) is 29.7 Å². The summed E-state index contributed by atoms with van der Waals surface area (Å²) in [5.74, 6) is 0.114. The van der Waals surface area contributed by atoms with Crippen LogP contribution >= 0.6 is 0 Å². The molecule has 0 bridgehead atoms. The van der Waals surface area contributed by atoms with Crippen LogP contribution in [-0.4, -0.2) is 38.8 Å². The van der Waals surface area contributed by atoms with Gasteiger partial charge in [-0.2, -0.15) is 0 Å². The van der Waals surface area contributed by atoms with Gasteiger partial charge in [-0.15, -0.1) is 0 Å². The Morgan fingerprint density at radius 1 is 1.04 bits per heavy atom. The van der Waals surface area contributed by atoms with Gasteiger partial charge in [0.1, 0.15) is 6.54 Å². The van der Waals surface area contributed by atoms with Crippen LogP contribution in [0.1, 0.15) is 43.9 Å². The van der Waals surface area contributed by atoms with E-state index in [1.54, 1.807) is 4.90 Å². The van der Waals surface area contributed by atoms with Crippen LogP contribution in [0, 0.1) is 0 Å². The Bertz CT molecular complexity index is 765. The molecule has 0 atom stereocenters. The van der Waals surface area contributed by atoms with Gasteiger partial charge in [0.2, 0.25) is 11.8 Å². The van der Waals surface area contributed by atoms with Crippen LogP contribution in [0.3, 0.4) is 0 Å². The molecule has 0 N–H and O–H groups in total. The summed E-state index contributed by atoms with van der Waals surface area (Å²) in [5, 5.41) is 0. The van der Waals surface area contributed by atoms with E-state index >= 15 is 0 Å². The molecule has 0 radical (unpaired) electrons. The van der Waals surface area contributed by atoms with Crippen LogP contribution in [0.2, 0.25) is 0 Å². The number of hydrogen-bond acceptors (Lipinski definition) is 2. The fraction of sp³-hybridized carbons (Fsp3) is 0.455. The molecule has 27 heavy (non-hydrogen) atoms. The zero-order chi connectivity index (χ0) is 19.2. The normalized spacial score (nSPS) is 13.4. The van der Waals surface area contributed by atoms with Gasteiger partial charge in [-0.3, -0.25) is 9.59 Å². The van der Waals surface area contributed by atoms with E-state index in [1.807, 2.05) is 72.1 Å². The molecule has 0 aliphatic heterocycles. The largest absolute Gasteiger partial charge is 0.353 e. The molecular formula is C22H29N3O2. The molecule has 1 heterocycles. The maximum Gasteiger partial charge on any atom is 0.242 e.